The summed E-state index contributed by atoms with van der Waals surface area (Å²) in [5.41, 5.74) is 0. The van der Waals surface area contributed by atoms with Gasteiger partial charge in [0.25, 0.3) is 0 Å². The highest BCUT2D eigenvalue weighted by molar-refractivity contribution is 7.87. The van der Waals surface area contributed by atoms with E-state index in [1.807, 2.05) is 0 Å². The number of aliphatic carboxylic acids is 1. The Morgan fingerprint density at radius 1 is 1.24 bits per heavy atom. The van der Waals surface area contributed by atoms with Crippen LogP contribution in [0.2, 0.25) is 0 Å². The summed E-state index contributed by atoms with van der Waals surface area (Å²) in [7, 11) is -1.62. The number of likely N-dealkylation sites (tertiary alicyclic amines) is 1. The van der Waals surface area contributed by atoms with Crippen molar-refractivity contribution in [1.29, 1.82) is 0 Å². The van der Waals surface area contributed by atoms with Crippen LogP contribution in [0.25, 0.3) is 0 Å². The van der Waals surface area contributed by atoms with E-state index in [1.54, 1.807) is 11.8 Å². The zero-order valence-corrected chi connectivity index (χ0v) is 10.9. The van der Waals surface area contributed by atoms with E-state index in [1.165, 1.54) is 0 Å². The number of rotatable bonds is 4. The molecule has 1 heterocycles. The van der Waals surface area contributed by atoms with Gasteiger partial charge in [0.2, 0.25) is 5.91 Å². The van der Waals surface area contributed by atoms with Gasteiger partial charge in [-0.1, -0.05) is 12.8 Å². The summed E-state index contributed by atoms with van der Waals surface area (Å²) in [5, 5.41) is 7.83. The molecule has 0 aromatic carbocycles. The first kappa shape index (κ1) is 14.2. The number of carbonyl (C=O) groups is 2. The summed E-state index contributed by atoms with van der Waals surface area (Å²) in [6.07, 6.45) is 4.20. The molecule has 0 aromatic heterocycles. The summed E-state index contributed by atoms with van der Waals surface area (Å²) in [5.74, 6) is -1.76. The summed E-state index contributed by atoms with van der Waals surface area (Å²) in [6, 6.07) is 0. The number of carbonyl (C=O) groups excluding carboxylic acids is 1. The number of nitrogens with zero attached hydrogens (tertiary/aromatic N) is 1. The summed E-state index contributed by atoms with van der Waals surface area (Å²) in [4.78, 5) is 24.2. The third kappa shape index (κ3) is 4.46. The molecule has 5 nitrogen and oxygen atoms in total. The van der Waals surface area contributed by atoms with E-state index >= 15 is 0 Å². The molecule has 6 heteroatoms. The van der Waals surface area contributed by atoms with Crippen LogP contribution in [0.5, 0.6) is 0 Å². The van der Waals surface area contributed by atoms with Gasteiger partial charge in [-0.15, -0.1) is 0 Å². The second kappa shape index (κ2) is 6.74. The minimum atomic E-state index is -1.62. The Bertz CT molecular complexity index is 311. The fraction of sp³-hybridized carbons (Fsp3) is 0.818. The maximum absolute atomic E-state index is 12.0. The monoisotopic (exact) mass is 261 g/mol. The van der Waals surface area contributed by atoms with Gasteiger partial charge in [-0.25, -0.2) is 0 Å². The maximum Gasteiger partial charge on any atom is 0.316 e. The molecule has 1 amide bonds. The highest BCUT2D eigenvalue weighted by Crippen LogP contribution is 2.12. The van der Waals surface area contributed by atoms with Crippen molar-refractivity contribution in [2.45, 2.75) is 37.9 Å². The molecule has 1 fully saturated rings. The van der Waals surface area contributed by atoms with E-state index in [0.29, 0.717) is 13.1 Å². The maximum atomic E-state index is 12.0. The van der Waals surface area contributed by atoms with Gasteiger partial charge < -0.3 is 10.0 Å². The van der Waals surface area contributed by atoms with Gasteiger partial charge in [0.05, 0.1) is 0 Å². The SMILES string of the molecule is CC(C(=O)N1CCCCCC1)S(=O)CC(=O)O. The molecule has 1 aliphatic heterocycles. The van der Waals surface area contributed by atoms with E-state index < -0.39 is 27.8 Å². The van der Waals surface area contributed by atoms with E-state index in [-0.39, 0.29) is 5.91 Å². The van der Waals surface area contributed by atoms with Gasteiger partial charge in [-0.05, 0) is 19.8 Å². The molecule has 98 valence electrons. The van der Waals surface area contributed by atoms with Crippen LogP contribution in [0, 0.1) is 0 Å². The second-order valence-corrected chi connectivity index (χ2v) is 6.06. The van der Waals surface area contributed by atoms with Gasteiger partial charge in [-0.3, -0.25) is 13.8 Å². The second-order valence-electron chi connectivity index (χ2n) is 4.30. The number of amides is 1. The van der Waals surface area contributed by atoms with Crippen LogP contribution in [0.1, 0.15) is 32.6 Å². The van der Waals surface area contributed by atoms with Crippen LogP contribution in [-0.4, -0.2) is 50.2 Å². The first-order valence-corrected chi connectivity index (χ1v) is 7.28. The van der Waals surface area contributed by atoms with E-state index in [9.17, 15) is 13.8 Å². The largest absolute Gasteiger partial charge is 0.481 e. The molecular weight excluding hydrogens is 242 g/mol. The van der Waals surface area contributed by atoms with Crippen LogP contribution < -0.4 is 0 Å². The van der Waals surface area contributed by atoms with Crippen molar-refractivity contribution in [3.8, 4) is 0 Å². The Kier molecular flexibility index (Phi) is 5.61. The molecule has 1 saturated heterocycles. The van der Waals surface area contributed by atoms with Gasteiger partial charge in [0.1, 0.15) is 11.0 Å². The van der Waals surface area contributed by atoms with Crippen molar-refractivity contribution >= 4 is 22.7 Å². The molecule has 1 rings (SSSR count). The minimum absolute atomic E-state index is 0.175. The molecule has 0 radical (unpaired) electrons. The Morgan fingerprint density at radius 2 is 1.76 bits per heavy atom. The fourth-order valence-corrected chi connectivity index (χ4v) is 2.77. The normalized spacial score (nSPS) is 20.4. The molecule has 0 bridgehead atoms. The Balaban J connectivity index is 2.55. The lowest BCUT2D eigenvalue weighted by molar-refractivity contribution is -0.134. The van der Waals surface area contributed by atoms with E-state index in [0.717, 1.165) is 25.7 Å². The van der Waals surface area contributed by atoms with Gasteiger partial charge in [-0.2, -0.15) is 0 Å². The average molecular weight is 261 g/mol. The van der Waals surface area contributed by atoms with Crippen LogP contribution in [0.15, 0.2) is 0 Å². The summed E-state index contributed by atoms with van der Waals surface area (Å²) < 4.78 is 11.6. The van der Waals surface area contributed by atoms with Gasteiger partial charge >= 0.3 is 5.97 Å². The van der Waals surface area contributed by atoms with Crippen LogP contribution in [0.4, 0.5) is 0 Å². The lowest BCUT2D eigenvalue weighted by Gasteiger charge is -2.23. The van der Waals surface area contributed by atoms with E-state index in [4.69, 9.17) is 5.11 Å². The van der Waals surface area contributed by atoms with Crippen molar-refractivity contribution in [2.75, 3.05) is 18.8 Å². The predicted molar refractivity (Wildman–Crippen MR) is 65.2 cm³/mol. The topological polar surface area (TPSA) is 74.7 Å². The molecule has 17 heavy (non-hydrogen) atoms. The quantitative estimate of drug-likeness (QED) is 0.804. The van der Waals surface area contributed by atoms with Crippen molar-refractivity contribution in [2.24, 2.45) is 0 Å². The number of carboxylic acid groups (broad SMARTS) is 1. The molecule has 2 atom stereocenters. The highest BCUT2D eigenvalue weighted by Gasteiger charge is 2.26. The standard InChI is InChI=1S/C11H19NO4S/c1-9(17(16)8-10(13)14)11(15)12-6-4-2-3-5-7-12/h9H,2-8H2,1H3,(H,13,14). The van der Waals surface area contributed by atoms with Gasteiger partial charge in [0.15, 0.2) is 0 Å². The van der Waals surface area contributed by atoms with Crippen molar-refractivity contribution in [3.05, 3.63) is 0 Å². The summed E-state index contributed by atoms with van der Waals surface area (Å²) in [6.45, 7) is 2.95. The Labute approximate surface area is 104 Å². The smallest absolute Gasteiger partial charge is 0.316 e. The zero-order valence-electron chi connectivity index (χ0n) is 10.1. The third-order valence-corrected chi connectivity index (χ3v) is 4.45. The molecule has 0 aliphatic carbocycles. The summed E-state index contributed by atoms with van der Waals surface area (Å²) >= 11 is 0. The lowest BCUT2D eigenvalue weighted by atomic mass is 10.2. The Morgan fingerprint density at radius 3 is 2.24 bits per heavy atom. The zero-order chi connectivity index (χ0) is 12.8. The molecule has 1 aliphatic rings. The average Bonchev–Trinajstić information content (AvgIpc) is 2.54. The first-order chi connectivity index (χ1) is 8.02. The molecule has 1 N–H and O–H groups in total. The van der Waals surface area contributed by atoms with E-state index in [2.05, 4.69) is 0 Å². The molecule has 0 saturated carbocycles. The predicted octanol–water partition coefficient (Wildman–Crippen LogP) is 0.611. The molecule has 0 aromatic rings. The molecular formula is C11H19NO4S. The first-order valence-electron chi connectivity index (χ1n) is 5.90. The highest BCUT2D eigenvalue weighted by atomic mass is 32.2. The molecule has 2 unspecified atom stereocenters. The van der Waals surface area contributed by atoms with Crippen LogP contribution >= 0.6 is 0 Å². The lowest BCUT2D eigenvalue weighted by Crippen LogP contribution is -2.41. The third-order valence-electron chi connectivity index (χ3n) is 2.93. The van der Waals surface area contributed by atoms with Crippen LogP contribution in [-0.2, 0) is 20.4 Å². The van der Waals surface area contributed by atoms with Crippen molar-refractivity contribution in [1.82, 2.24) is 4.90 Å². The number of hydrogen-bond acceptors (Lipinski definition) is 3. The van der Waals surface area contributed by atoms with Crippen molar-refractivity contribution in [3.63, 3.8) is 0 Å². The number of carboxylic acids is 1. The van der Waals surface area contributed by atoms with Crippen LogP contribution in [0.3, 0.4) is 0 Å². The number of hydrogen-bond donors (Lipinski definition) is 1. The molecule has 0 spiro atoms. The Hall–Kier alpha value is -0.910. The fourth-order valence-electron chi connectivity index (χ4n) is 1.91. The minimum Gasteiger partial charge on any atom is -0.481 e. The van der Waals surface area contributed by atoms with Gasteiger partial charge in [0, 0.05) is 23.9 Å². The van der Waals surface area contributed by atoms with Crippen molar-refractivity contribution < 1.29 is 18.9 Å².